The zero-order valence-electron chi connectivity index (χ0n) is 6.41. The van der Waals surface area contributed by atoms with E-state index in [0.717, 1.165) is 0 Å². The van der Waals surface area contributed by atoms with Crippen LogP contribution in [0.15, 0.2) is 0 Å². The van der Waals surface area contributed by atoms with Gasteiger partial charge in [-0.05, 0) is 0 Å². The van der Waals surface area contributed by atoms with Gasteiger partial charge in [0.05, 0.1) is 23.6 Å². The van der Waals surface area contributed by atoms with Crippen LogP contribution in [0.4, 0.5) is 0 Å². The SMILES string of the molecule is NC1NC(=S)CNC1CC(=O)O. The van der Waals surface area contributed by atoms with E-state index in [9.17, 15) is 4.79 Å². The van der Waals surface area contributed by atoms with Crippen LogP contribution < -0.4 is 16.4 Å². The summed E-state index contributed by atoms with van der Waals surface area (Å²) in [4.78, 5) is 11.0. The van der Waals surface area contributed by atoms with E-state index in [0.29, 0.717) is 11.5 Å². The number of aliphatic carboxylic acids is 1. The summed E-state index contributed by atoms with van der Waals surface area (Å²) < 4.78 is 0. The molecule has 0 radical (unpaired) electrons. The van der Waals surface area contributed by atoms with Crippen molar-refractivity contribution in [2.75, 3.05) is 6.54 Å². The largest absolute Gasteiger partial charge is 0.481 e. The number of nitrogens with two attached hydrogens (primary N) is 1. The van der Waals surface area contributed by atoms with E-state index in [1.165, 1.54) is 0 Å². The van der Waals surface area contributed by atoms with Crippen molar-refractivity contribution in [1.29, 1.82) is 0 Å². The monoisotopic (exact) mass is 189 g/mol. The molecule has 12 heavy (non-hydrogen) atoms. The molecule has 1 aliphatic heterocycles. The molecule has 0 amide bonds. The van der Waals surface area contributed by atoms with E-state index in [1.807, 2.05) is 0 Å². The first-order valence-corrected chi connectivity index (χ1v) is 4.00. The Hall–Kier alpha value is -0.720. The van der Waals surface area contributed by atoms with Crippen LogP contribution in [-0.4, -0.2) is 34.8 Å². The number of carboxylic acids is 1. The molecular weight excluding hydrogens is 178 g/mol. The quantitative estimate of drug-likeness (QED) is 0.401. The van der Waals surface area contributed by atoms with Gasteiger partial charge in [0.1, 0.15) is 0 Å². The molecule has 68 valence electrons. The maximum atomic E-state index is 10.3. The predicted octanol–water partition coefficient (Wildman–Crippen LogP) is -1.37. The van der Waals surface area contributed by atoms with Crippen molar-refractivity contribution in [1.82, 2.24) is 10.6 Å². The summed E-state index contributed by atoms with van der Waals surface area (Å²) in [5.74, 6) is -0.863. The molecule has 6 heteroatoms. The molecular formula is C6H11N3O2S. The first-order chi connectivity index (χ1) is 5.59. The van der Waals surface area contributed by atoms with E-state index in [4.69, 9.17) is 23.1 Å². The van der Waals surface area contributed by atoms with Crippen molar-refractivity contribution in [3.05, 3.63) is 0 Å². The number of thiocarbonyl (C=S) groups is 1. The molecule has 2 atom stereocenters. The van der Waals surface area contributed by atoms with Crippen LogP contribution >= 0.6 is 12.2 Å². The van der Waals surface area contributed by atoms with E-state index in [2.05, 4.69) is 10.6 Å². The highest BCUT2D eigenvalue weighted by Gasteiger charge is 2.24. The Morgan fingerprint density at radius 2 is 2.50 bits per heavy atom. The van der Waals surface area contributed by atoms with Gasteiger partial charge in [0.2, 0.25) is 0 Å². The van der Waals surface area contributed by atoms with Gasteiger partial charge in [0.25, 0.3) is 0 Å². The number of carboxylic acid groups (broad SMARTS) is 1. The van der Waals surface area contributed by atoms with E-state index in [1.54, 1.807) is 0 Å². The average molecular weight is 189 g/mol. The molecule has 0 spiro atoms. The first-order valence-electron chi connectivity index (χ1n) is 3.59. The second kappa shape index (κ2) is 3.79. The Balaban J connectivity index is 2.45. The number of carbonyl (C=O) groups is 1. The molecule has 1 heterocycles. The van der Waals surface area contributed by atoms with Crippen molar-refractivity contribution in [2.24, 2.45) is 5.73 Å². The van der Waals surface area contributed by atoms with Crippen molar-refractivity contribution >= 4 is 23.2 Å². The van der Waals surface area contributed by atoms with Crippen LogP contribution in [0.2, 0.25) is 0 Å². The highest BCUT2D eigenvalue weighted by Crippen LogP contribution is 1.99. The minimum atomic E-state index is -0.863. The second-order valence-corrected chi connectivity index (χ2v) is 3.17. The third-order valence-electron chi connectivity index (χ3n) is 1.68. The van der Waals surface area contributed by atoms with Crippen LogP contribution in [0.1, 0.15) is 6.42 Å². The van der Waals surface area contributed by atoms with Crippen LogP contribution in [0.3, 0.4) is 0 Å². The molecule has 1 fully saturated rings. The zero-order chi connectivity index (χ0) is 9.14. The fourth-order valence-corrected chi connectivity index (χ4v) is 1.29. The summed E-state index contributed by atoms with van der Waals surface area (Å²) in [5, 5.41) is 14.3. The molecule has 1 rings (SSSR count). The first kappa shape index (κ1) is 9.37. The van der Waals surface area contributed by atoms with Crippen LogP contribution in [0, 0.1) is 0 Å². The summed E-state index contributed by atoms with van der Waals surface area (Å²) in [6.07, 6.45) is -0.390. The van der Waals surface area contributed by atoms with Gasteiger partial charge < -0.3 is 21.5 Å². The minimum Gasteiger partial charge on any atom is -0.481 e. The summed E-state index contributed by atoms with van der Waals surface area (Å²) in [5.41, 5.74) is 5.59. The number of nitrogens with one attached hydrogen (secondary N) is 2. The lowest BCUT2D eigenvalue weighted by molar-refractivity contribution is -0.137. The highest BCUT2D eigenvalue weighted by molar-refractivity contribution is 7.80. The lowest BCUT2D eigenvalue weighted by atomic mass is 10.1. The standard InChI is InChI=1S/C6H11N3O2S/c7-6-3(1-5(10)11)8-2-4(12)9-6/h3,6,8H,1-2,7H2,(H,9,12)(H,10,11). The number of hydrogen-bond donors (Lipinski definition) is 4. The topological polar surface area (TPSA) is 87.4 Å². The Labute approximate surface area is 75.3 Å². The molecule has 0 aromatic rings. The summed E-state index contributed by atoms with van der Waals surface area (Å²) >= 11 is 4.85. The second-order valence-electron chi connectivity index (χ2n) is 2.68. The average Bonchev–Trinajstić information content (AvgIpc) is 1.94. The van der Waals surface area contributed by atoms with Crippen LogP contribution in [-0.2, 0) is 4.79 Å². The number of hydrogen-bond acceptors (Lipinski definition) is 4. The van der Waals surface area contributed by atoms with Gasteiger partial charge in [-0.1, -0.05) is 12.2 Å². The Morgan fingerprint density at radius 3 is 3.00 bits per heavy atom. The molecule has 5 N–H and O–H groups in total. The molecule has 1 saturated heterocycles. The molecule has 0 aliphatic carbocycles. The molecule has 0 bridgehead atoms. The maximum Gasteiger partial charge on any atom is 0.305 e. The lowest BCUT2D eigenvalue weighted by Crippen LogP contribution is -2.62. The Morgan fingerprint density at radius 1 is 1.83 bits per heavy atom. The van der Waals surface area contributed by atoms with Gasteiger partial charge in [0, 0.05) is 6.54 Å². The Kier molecular flexibility index (Phi) is 2.96. The summed E-state index contributed by atoms with van der Waals surface area (Å²) in [7, 11) is 0. The minimum absolute atomic E-state index is 0.0107. The third-order valence-corrected chi connectivity index (χ3v) is 1.94. The smallest absolute Gasteiger partial charge is 0.305 e. The highest BCUT2D eigenvalue weighted by atomic mass is 32.1. The van der Waals surface area contributed by atoms with Gasteiger partial charge in [-0.25, -0.2) is 0 Å². The third kappa shape index (κ3) is 2.40. The van der Waals surface area contributed by atoms with Gasteiger partial charge in [-0.3, -0.25) is 4.79 Å². The number of rotatable bonds is 2. The van der Waals surface area contributed by atoms with Gasteiger partial charge in [0.15, 0.2) is 0 Å². The van der Waals surface area contributed by atoms with Crippen LogP contribution in [0.5, 0.6) is 0 Å². The normalized spacial score (nSPS) is 29.6. The molecule has 0 aromatic heterocycles. The predicted molar refractivity (Wildman–Crippen MR) is 47.8 cm³/mol. The summed E-state index contributed by atoms with van der Waals surface area (Å²) in [6, 6.07) is -0.241. The van der Waals surface area contributed by atoms with E-state index in [-0.39, 0.29) is 12.5 Å². The molecule has 2 unspecified atom stereocenters. The molecule has 0 saturated carbocycles. The fourth-order valence-electron chi connectivity index (χ4n) is 1.08. The molecule has 1 aliphatic rings. The van der Waals surface area contributed by atoms with Gasteiger partial charge in [-0.2, -0.15) is 0 Å². The molecule has 0 aromatic carbocycles. The maximum absolute atomic E-state index is 10.3. The molecule has 5 nitrogen and oxygen atoms in total. The zero-order valence-corrected chi connectivity index (χ0v) is 7.23. The van der Waals surface area contributed by atoms with Crippen molar-refractivity contribution < 1.29 is 9.90 Å². The summed E-state index contributed by atoms with van der Waals surface area (Å²) in [6.45, 7) is 0.501. The van der Waals surface area contributed by atoms with Crippen LogP contribution in [0.25, 0.3) is 0 Å². The van der Waals surface area contributed by atoms with Gasteiger partial charge in [-0.15, -0.1) is 0 Å². The van der Waals surface area contributed by atoms with E-state index >= 15 is 0 Å². The van der Waals surface area contributed by atoms with Crippen molar-refractivity contribution in [3.8, 4) is 0 Å². The fraction of sp³-hybridized carbons (Fsp3) is 0.667. The van der Waals surface area contributed by atoms with Crippen molar-refractivity contribution in [3.63, 3.8) is 0 Å². The van der Waals surface area contributed by atoms with E-state index < -0.39 is 12.1 Å². The Bertz CT molecular complexity index is 209. The number of piperazine rings is 1. The van der Waals surface area contributed by atoms with Crippen molar-refractivity contribution in [2.45, 2.75) is 18.6 Å². The van der Waals surface area contributed by atoms with Gasteiger partial charge >= 0.3 is 5.97 Å². The lowest BCUT2D eigenvalue weighted by Gasteiger charge is -2.30.